The molecular formula is C12H17NO6S. The fraction of sp³-hybridized carbons (Fsp3) is 0.417. The summed E-state index contributed by atoms with van der Waals surface area (Å²) in [5.74, 6) is -0.460. The molecule has 2 N–H and O–H groups in total. The molecule has 0 saturated heterocycles. The molecule has 1 aromatic rings. The van der Waals surface area contributed by atoms with Gasteiger partial charge in [-0.3, -0.25) is 0 Å². The maximum atomic E-state index is 11.9. The first-order chi connectivity index (χ1) is 9.40. The zero-order valence-electron chi connectivity index (χ0n) is 11.3. The molecule has 0 saturated carbocycles. The van der Waals surface area contributed by atoms with E-state index in [9.17, 15) is 13.2 Å². The molecule has 0 atom stereocenters. The van der Waals surface area contributed by atoms with E-state index in [1.807, 2.05) is 0 Å². The molecule has 7 nitrogen and oxygen atoms in total. The van der Waals surface area contributed by atoms with Crippen LogP contribution in [-0.2, 0) is 19.5 Å². The van der Waals surface area contributed by atoms with Crippen molar-refractivity contribution in [3.63, 3.8) is 0 Å². The summed E-state index contributed by atoms with van der Waals surface area (Å²) in [5, 5.41) is 5.03. The Bertz CT molecular complexity index is 569. The number of rotatable bonds is 7. The predicted octanol–water partition coefficient (Wildman–Crippen LogP) is 0.536. The van der Waals surface area contributed by atoms with Gasteiger partial charge >= 0.3 is 5.97 Å². The Labute approximate surface area is 117 Å². The van der Waals surface area contributed by atoms with Crippen LogP contribution in [0, 0.1) is 0 Å². The minimum atomic E-state index is -3.90. The Morgan fingerprint density at radius 2 is 2.00 bits per heavy atom. The van der Waals surface area contributed by atoms with Crippen LogP contribution < -0.4 is 9.88 Å². The number of carbonyl (C=O) groups excluding carboxylic acids is 1. The summed E-state index contributed by atoms with van der Waals surface area (Å²) >= 11 is 0. The number of hydrogen-bond donors (Lipinski definition) is 1. The molecule has 112 valence electrons. The summed E-state index contributed by atoms with van der Waals surface area (Å²) in [6.45, 7) is 2.37. The Hall–Kier alpha value is -1.64. The van der Waals surface area contributed by atoms with Crippen molar-refractivity contribution in [1.82, 2.24) is 0 Å². The second kappa shape index (κ2) is 7.22. The summed E-state index contributed by atoms with van der Waals surface area (Å²) in [6.07, 6.45) is 0. The lowest BCUT2D eigenvalue weighted by atomic mass is 10.2. The SMILES string of the molecule is CCOc1ccc(S(N)(=O)=O)cc1C(=O)OCCOC. The van der Waals surface area contributed by atoms with Crippen molar-refractivity contribution in [1.29, 1.82) is 0 Å². The average molecular weight is 303 g/mol. The van der Waals surface area contributed by atoms with E-state index in [4.69, 9.17) is 19.3 Å². The van der Waals surface area contributed by atoms with Gasteiger partial charge in [-0.15, -0.1) is 0 Å². The summed E-state index contributed by atoms with van der Waals surface area (Å²) in [7, 11) is -2.43. The molecule has 1 rings (SSSR count). The van der Waals surface area contributed by atoms with Crippen molar-refractivity contribution < 1.29 is 27.4 Å². The van der Waals surface area contributed by atoms with E-state index in [0.717, 1.165) is 6.07 Å². The molecule has 20 heavy (non-hydrogen) atoms. The van der Waals surface area contributed by atoms with Crippen LogP contribution in [0.25, 0.3) is 0 Å². The highest BCUT2D eigenvalue weighted by Crippen LogP contribution is 2.23. The molecule has 0 spiro atoms. The van der Waals surface area contributed by atoms with Crippen LogP contribution in [0.1, 0.15) is 17.3 Å². The van der Waals surface area contributed by atoms with Crippen molar-refractivity contribution in [2.24, 2.45) is 5.14 Å². The van der Waals surface area contributed by atoms with Gasteiger partial charge in [0.1, 0.15) is 17.9 Å². The maximum Gasteiger partial charge on any atom is 0.342 e. The first-order valence-electron chi connectivity index (χ1n) is 5.85. The van der Waals surface area contributed by atoms with Gasteiger partial charge in [-0.25, -0.2) is 18.4 Å². The molecule has 0 aromatic heterocycles. The van der Waals surface area contributed by atoms with E-state index in [1.54, 1.807) is 6.92 Å². The molecular weight excluding hydrogens is 286 g/mol. The molecule has 0 radical (unpaired) electrons. The van der Waals surface area contributed by atoms with Crippen molar-refractivity contribution >= 4 is 16.0 Å². The van der Waals surface area contributed by atoms with Gasteiger partial charge in [0.2, 0.25) is 10.0 Å². The lowest BCUT2D eigenvalue weighted by Gasteiger charge is -2.11. The van der Waals surface area contributed by atoms with E-state index < -0.39 is 16.0 Å². The summed E-state index contributed by atoms with van der Waals surface area (Å²) in [6, 6.07) is 3.78. The van der Waals surface area contributed by atoms with E-state index in [2.05, 4.69) is 0 Å². The summed E-state index contributed by atoms with van der Waals surface area (Å²) in [5.41, 5.74) is 0.00878. The van der Waals surface area contributed by atoms with Crippen LogP contribution in [0.2, 0.25) is 0 Å². The van der Waals surface area contributed by atoms with Crippen LogP contribution in [0.4, 0.5) is 0 Å². The molecule has 0 aliphatic carbocycles. The number of benzene rings is 1. The first kappa shape index (κ1) is 16.4. The largest absolute Gasteiger partial charge is 0.493 e. The second-order valence-electron chi connectivity index (χ2n) is 3.76. The average Bonchev–Trinajstić information content (AvgIpc) is 2.38. The highest BCUT2D eigenvalue weighted by atomic mass is 32.2. The van der Waals surface area contributed by atoms with E-state index >= 15 is 0 Å². The Balaban J connectivity index is 3.08. The van der Waals surface area contributed by atoms with Gasteiger partial charge in [0.25, 0.3) is 0 Å². The van der Waals surface area contributed by atoms with Crippen molar-refractivity contribution in [2.75, 3.05) is 26.9 Å². The minimum Gasteiger partial charge on any atom is -0.493 e. The van der Waals surface area contributed by atoms with Gasteiger partial charge in [-0.1, -0.05) is 0 Å². The predicted molar refractivity (Wildman–Crippen MR) is 71.1 cm³/mol. The molecule has 0 fully saturated rings. The van der Waals surface area contributed by atoms with Crippen LogP contribution >= 0.6 is 0 Å². The minimum absolute atomic E-state index is 0.00878. The van der Waals surface area contributed by atoms with Crippen molar-refractivity contribution in [3.8, 4) is 5.75 Å². The third-order valence-electron chi connectivity index (χ3n) is 2.32. The molecule has 0 amide bonds. The van der Waals surface area contributed by atoms with E-state index in [1.165, 1.54) is 19.2 Å². The van der Waals surface area contributed by atoms with Crippen LogP contribution in [-0.4, -0.2) is 41.3 Å². The van der Waals surface area contributed by atoms with Crippen LogP contribution in [0.5, 0.6) is 5.75 Å². The topological polar surface area (TPSA) is 105 Å². The fourth-order valence-corrected chi connectivity index (χ4v) is 1.96. The van der Waals surface area contributed by atoms with Crippen LogP contribution in [0.15, 0.2) is 23.1 Å². The van der Waals surface area contributed by atoms with Gasteiger partial charge in [-0.05, 0) is 25.1 Å². The Morgan fingerprint density at radius 3 is 2.55 bits per heavy atom. The lowest BCUT2D eigenvalue weighted by Crippen LogP contribution is -2.15. The van der Waals surface area contributed by atoms with E-state index in [-0.39, 0.29) is 29.4 Å². The number of hydrogen-bond acceptors (Lipinski definition) is 6. The van der Waals surface area contributed by atoms with E-state index in [0.29, 0.717) is 6.61 Å². The zero-order valence-corrected chi connectivity index (χ0v) is 12.1. The lowest BCUT2D eigenvalue weighted by molar-refractivity contribution is 0.0384. The molecule has 0 aliphatic rings. The number of nitrogens with two attached hydrogens (primary N) is 1. The van der Waals surface area contributed by atoms with Gasteiger partial charge < -0.3 is 14.2 Å². The third-order valence-corrected chi connectivity index (χ3v) is 3.23. The first-order valence-corrected chi connectivity index (χ1v) is 7.40. The maximum absolute atomic E-state index is 11.9. The van der Waals surface area contributed by atoms with Gasteiger partial charge in [0, 0.05) is 7.11 Å². The highest BCUT2D eigenvalue weighted by molar-refractivity contribution is 7.89. The Kier molecular flexibility index (Phi) is 5.93. The molecule has 8 heteroatoms. The molecule has 0 unspecified atom stereocenters. The number of esters is 1. The number of methoxy groups -OCH3 is 1. The van der Waals surface area contributed by atoms with Gasteiger partial charge in [0.15, 0.2) is 0 Å². The summed E-state index contributed by atoms with van der Waals surface area (Å²) < 4.78 is 37.6. The monoisotopic (exact) mass is 303 g/mol. The van der Waals surface area contributed by atoms with Gasteiger partial charge in [0.05, 0.1) is 18.1 Å². The fourth-order valence-electron chi connectivity index (χ4n) is 1.42. The number of ether oxygens (including phenoxy) is 3. The van der Waals surface area contributed by atoms with Crippen LogP contribution in [0.3, 0.4) is 0 Å². The molecule has 1 aromatic carbocycles. The Morgan fingerprint density at radius 1 is 1.30 bits per heavy atom. The zero-order chi connectivity index (χ0) is 15.2. The van der Waals surface area contributed by atoms with Gasteiger partial charge in [-0.2, -0.15) is 0 Å². The quantitative estimate of drug-likeness (QED) is 0.582. The standard InChI is InChI=1S/C12H17NO6S/c1-3-18-11-5-4-9(20(13,15)16)8-10(11)12(14)19-7-6-17-2/h4-5,8H,3,6-7H2,1-2H3,(H2,13,15,16). The molecule has 0 bridgehead atoms. The smallest absolute Gasteiger partial charge is 0.342 e. The highest BCUT2D eigenvalue weighted by Gasteiger charge is 2.18. The number of sulfonamides is 1. The number of carbonyl (C=O) groups is 1. The summed E-state index contributed by atoms with van der Waals surface area (Å²) in [4.78, 5) is 11.7. The number of primary sulfonamides is 1. The molecule has 0 heterocycles. The normalized spacial score (nSPS) is 11.2. The van der Waals surface area contributed by atoms with Crippen molar-refractivity contribution in [3.05, 3.63) is 23.8 Å². The third kappa shape index (κ3) is 4.48. The second-order valence-corrected chi connectivity index (χ2v) is 5.33. The molecule has 0 aliphatic heterocycles. The van der Waals surface area contributed by atoms with Crippen molar-refractivity contribution in [2.45, 2.75) is 11.8 Å².